The minimum absolute atomic E-state index is 0.0916. The van der Waals surface area contributed by atoms with Gasteiger partial charge in [-0.25, -0.2) is 4.98 Å². The summed E-state index contributed by atoms with van der Waals surface area (Å²) in [7, 11) is 1.40. The molecule has 0 bridgehead atoms. The third kappa shape index (κ3) is 3.39. The number of anilines is 1. The maximum Gasteiger partial charge on any atom is 0.586 e. The normalized spacial score (nSPS) is 14.5. The SMILES string of the molecule is COCC(=O)Nc1ccc(-c2cc3c(cc2Cl)OC(F)(F)O3)cn1. The summed E-state index contributed by atoms with van der Waals surface area (Å²) in [5, 5.41) is 2.74. The molecule has 0 atom stereocenters. The smallest absolute Gasteiger partial charge is 0.395 e. The Bertz CT molecular complexity index is 784. The first-order valence-corrected chi connectivity index (χ1v) is 7.10. The van der Waals surface area contributed by atoms with Crippen molar-refractivity contribution in [3.8, 4) is 22.6 Å². The molecule has 2 aromatic rings. The van der Waals surface area contributed by atoms with E-state index in [4.69, 9.17) is 16.3 Å². The maximum atomic E-state index is 13.1. The van der Waals surface area contributed by atoms with Crippen molar-refractivity contribution in [1.82, 2.24) is 4.98 Å². The van der Waals surface area contributed by atoms with Gasteiger partial charge in [0.25, 0.3) is 5.91 Å². The van der Waals surface area contributed by atoms with E-state index in [0.29, 0.717) is 16.9 Å². The number of hydrogen-bond donors (Lipinski definition) is 1. The molecule has 0 fully saturated rings. The summed E-state index contributed by atoms with van der Waals surface area (Å²) in [6.45, 7) is -0.0916. The van der Waals surface area contributed by atoms with Crippen LogP contribution in [0.5, 0.6) is 11.5 Å². The van der Waals surface area contributed by atoms with E-state index in [-0.39, 0.29) is 29.0 Å². The first kappa shape index (κ1) is 16.4. The van der Waals surface area contributed by atoms with Crippen molar-refractivity contribution in [3.05, 3.63) is 35.5 Å². The van der Waals surface area contributed by atoms with Gasteiger partial charge in [-0.15, -0.1) is 8.78 Å². The van der Waals surface area contributed by atoms with Crippen LogP contribution in [-0.2, 0) is 9.53 Å². The third-order valence-corrected chi connectivity index (χ3v) is 3.42. The molecule has 1 N–H and O–H groups in total. The van der Waals surface area contributed by atoms with Gasteiger partial charge in [0.1, 0.15) is 12.4 Å². The van der Waals surface area contributed by atoms with Crippen LogP contribution in [0.1, 0.15) is 0 Å². The molecule has 1 aliphatic heterocycles. The molecule has 0 spiro atoms. The summed E-state index contributed by atoms with van der Waals surface area (Å²) in [5.41, 5.74) is 1.00. The Hall–Kier alpha value is -2.45. The summed E-state index contributed by atoms with van der Waals surface area (Å²) in [6, 6.07) is 5.79. The highest BCUT2D eigenvalue weighted by atomic mass is 35.5. The number of nitrogens with zero attached hydrogens (tertiary/aromatic N) is 1. The van der Waals surface area contributed by atoms with E-state index >= 15 is 0 Å². The van der Waals surface area contributed by atoms with Gasteiger partial charge >= 0.3 is 6.29 Å². The predicted octanol–water partition coefficient (Wildman–Crippen LogP) is 3.31. The Labute approximate surface area is 140 Å². The maximum absolute atomic E-state index is 13.1. The highest BCUT2D eigenvalue weighted by Crippen LogP contribution is 2.45. The Morgan fingerprint density at radius 2 is 2.04 bits per heavy atom. The molecular weight excluding hydrogens is 346 g/mol. The number of methoxy groups -OCH3 is 1. The number of nitrogens with one attached hydrogen (secondary N) is 1. The average molecular weight is 357 g/mol. The molecule has 1 aliphatic rings. The number of aromatic nitrogens is 1. The van der Waals surface area contributed by atoms with Gasteiger partial charge in [-0.3, -0.25) is 4.79 Å². The molecule has 1 aromatic carbocycles. The molecule has 2 heterocycles. The minimum Gasteiger partial charge on any atom is -0.395 e. The van der Waals surface area contributed by atoms with Gasteiger partial charge in [0.15, 0.2) is 11.5 Å². The first-order valence-electron chi connectivity index (χ1n) is 6.72. The molecule has 0 radical (unpaired) electrons. The zero-order chi connectivity index (χ0) is 17.3. The molecule has 0 unspecified atom stereocenters. The summed E-state index contributed by atoms with van der Waals surface area (Å²) in [4.78, 5) is 15.5. The number of ether oxygens (including phenoxy) is 3. The molecule has 0 aliphatic carbocycles. The molecule has 9 heteroatoms. The van der Waals surface area contributed by atoms with Crippen molar-refractivity contribution in [1.29, 1.82) is 0 Å². The fraction of sp³-hybridized carbons (Fsp3) is 0.200. The summed E-state index contributed by atoms with van der Waals surface area (Å²) in [5.74, 6) is -0.271. The lowest BCUT2D eigenvalue weighted by Crippen LogP contribution is -2.25. The van der Waals surface area contributed by atoms with E-state index in [1.54, 1.807) is 12.1 Å². The number of amides is 1. The van der Waals surface area contributed by atoms with Crippen LogP contribution in [0.15, 0.2) is 30.5 Å². The van der Waals surface area contributed by atoms with Crippen LogP contribution >= 0.6 is 11.6 Å². The molecular formula is C15H11ClF2N2O4. The highest BCUT2D eigenvalue weighted by Gasteiger charge is 2.43. The molecule has 126 valence electrons. The lowest BCUT2D eigenvalue weighted by molar-refractivity contribution is -0.286. The van der Waals surface area contributed by atoms with E-state index < -0.39 is 6.29 Å². The van der Waals surface area contributed by atoms with Crippen LogP contribution in [0.25, 0.3) is 11.1 Å². The molecule has 1 amide bonds. The zero-order valence-electron chi connectivity index (χ0n) is 12.3. The molecule has 24 heavy (non-hydrogen) atoms. The highest BCUT2D eigenvalue weighted by molar-refractivity contribution is 6.33. The van der Waals surface area contributed by atoms with Gasteiger partial charge in [0, 0.05) is 30.5 Å². The monoisotopic (exact) mass is 356 g/mol. The van der Waals surface area contributed by atoms with Gasteiger partial charge in [-0.05, 0) is 18.2 Å². The number of alkyl halides is 2. The molecule has 1 aromatic heterocycles. The van der Waals surface area contributed by atoms with Gasteiger partial charge in [0.2, 0.25) is 0 Å². The second kappa shape index (κ2) is 6.21. The lowest BCUT2D eigenvalue weighted by atomic mass is 10.1. The Kier molecular flexibility index (Phi) is 4.25. The van der Waals surface area contributed by atoms with Crippen molar-refractivity contribution in [2.24, 2.45) is 0 Å². The number of hydrogen-bond acceptors (Lipinski definition) is 5. The van der Waals surface area contributed by atoms with Crippen molar-refractivity contribution >= 4 is 23.3 Å². The summed E-state index contributed by atoms with van der Waals surface area (Å²) < 4.78 is 39.6. The van der Waals surface area contributed by atoms with Crippen molar-refractivity contribution < 1.29 is 27.8 Å². The fourth-order valence-corrected chi connectivity index (χ4v) is 2.39. The number of halogens is 3. The van der Waals surface area contributed by atoms with Crippen LogP contribution in [-0.4, -0.2) is 30.9 Å². The van der Waals surface area contributed by atoms with E-state index in [0.717, 1.165) is 0 Å². The van der Waals surface area contributed by atoms with E-state index in [1.807, 2.05) is 0 Å². The van der Waals surface area contributed by atoms with Crippen molar-refractivity contribution in [3.63, 3.8) is 0 Å². The summed E-state index contributed by atoms with van der Waals surface area (Å²) in [6.07, 6.45) is -2.26. The number of fused-ring (bicyclic) bond motifs is 1. The van der Waals surface area contributed by atoms with Gasteiger partial charge < -0.3 is 19.5 Å². The van der Waals surface area contributed by atoms with E-state index in [1.165, 1.54) is 25.4 Å². The molecule has 0 saturated heterocycles. The first-order chi connectivity index (χ1) is 11.4. The quantitative estimate of drug-likeness (QED) is 0.910. The van der Waals surface area contributed by atoms with Crippen molar-refractivity contribution in [2.75, 3.05) is 19.0 Å². The molecule has 6 nitrogen and oxygen atoms in total. The Morgan fingerprint density at radius 3 is 2.67 bits per heavy atom. The van der Waals surface area contributed by atoms with Crippen LogP contribution < -0.4 is 14.8 Å². The van der Waals surface area contributed by atoms with Crippen LogP contribution in [0.3, 0.4) is 0 Å². The third-order valence-electron chi connectivity index (χ3n) is 3.11. The van der Waals surface area contributed by atoms with Gasteiger partial charge in [0.05, 0.1) is 5.02 Å². The number of carbonyl (C=O) groups is 1. The fourth-order valence-electron chi connectivity index (χ4n) is 2.13. The number of rotatable bonds is 4. The van der Waals surface area contributed by atoms with Gasteiger partial charge in [-0.1, -0.05) is 11.6 Å². The average Bonchev–Trinajstić information content (AvgIpc) is 2.80. The number of benzene rings is 1. The van der Waals surface area contributed by atoms with Crippen LogP contribution in [0.2, 0.25) is 5.02 Å². The minimum atomic E-state index is -3.71. The Balaban J connectivity index is 1.84. The van der Waals surface area contributed by atoms with E-state index in [9.17, 15) is 13.6 Å². The standard InChI is InChI=1S/C15H11ClF2N2O4/c1-22-7-14(21)20-13-3-2-8(6-19-13)9-4-11-12(5-10(9)16)24-15(17,18)23-11/h2-6H,7H2,1H3,(H,19,20,21). The van der Waals surface area contributed by atoms with E-state index in [2.05, 4.69) is 19.8 Å². The molecule has 3 rings (SSSR count). The lowest BCUT2D eigenvalue weighted by Gasteiger charge is -2.08. The predicted molar refractivity (Wildman–Crippen MR) is 81.4 cm³/mol. The number of carbonyl (C=O) groups excluding carboxylic acids is 1. The largest absolute Gasteiger partial charge is 0.586 e. The van der Waals surface area contributed by atoms with Crippen LogP contribution in [0, 0.1) is 0 Å². The van der Waals surface area contributed by atoms with Crippen LogP contribution in [0.4, 0.5) is 14.6 Å². The molecule has 0 saturated carbocycles. The van der Waals surface area contributed by atoms with Crippen molar-refractivity contribution in [2.45, 2.75) is 6.29 Å². The Morgan fingerprint density at radius 1 is 1.33 bits per heavy atom. The second-order valence-corrected chi connectivity index (χ2v) is 5.27. The number of pyridine rings is 1. The summed E-state index contributed by atoms with van der Waals surface area (Å²) >= 11 is 6.11. The zero-order valence-corrected chi connectivity index (χ0v) is 13.1. The van der Waals surface area contributed by atoms with Gasteiger partial charge in [-0.2, -0.15) is 0 Å². The second-order valence-electron chi connectivity index (χ2n) is 4.86. The topological polar surface area (TPSA) is 69.7 Å².